The maximum absolute atomic E-state index is 11.7. The van der Waals surface area contributed by atoms with Crippen LogP contribution in [0.1, 0.15) is 0 Å². The third kappa shape index (κ3) is 1.42. The molecular weight excluding hydrogens is 120 g/mol. The van der Waals surface area contributed by atoms with Gasteiger partial charge in [-0.1, -0.05) is 0 Å². The minimum atomic E-state index is -3.21. The fourth-order valence-electron chi connectivity index (χ4n) is 0.0572. The molecule has 0 saturated carbocycles. The zero-order valence-corrected chi connectivity index (χ0v) is 3.90. The number of halogens is 2. The normalized spacial score (nSPS) is 17.4. The molecule has 0 aliphatic heterocycles. The predicted octanol–water partition coefficient (Wildman–Crippen LogP) is -0.335. The van der Waals surface area contributed by atoms with Gasteiger partial charge in [0.1, 0.15) is 6.67 Å². The number of aliphatic carboxylic acids is 1. The van der Waals surface area contributed by atoms with Crippen LogP contribution in [0.25, 0.3) is 0 Å². The van der Waals surface area contributed by atoms with Gasteiger partial charge in [0.15, 0.2) is 0 Å². The van der Waals surface area contributed by atoms with E-state index in [1.165, 1.54) is 0 Å². The summed E-state index contributed by atoms with van der Waals surface area (Å²) >= 11 is 0. The zero-order chi connectivity index (χ0) is 6.78. The third-order valence-corrected chi connectivity index (χ3v) is 0.550. The van der Waals surface area contributed by atoms with E-state index in [9.17, 15) is 13.6 Å². The van der Waals surface area contributed by atoms with E-state index >= 15 is 0 Å². The van der Waals surface area contributed by atoms with Crippen LogP contribution in [0.3, 0.4) is 0 Å². The number of rotatable bonds is 2. The molecule has 1 unspecified atom stereocenters. The molecule has 0 spiro atoms. The first kappa shape index (κ1) is 7.29. The molecule has 3 N–H and O–H groups in total. The highest BCUT2D eigenvalue weighted by Gasteiger charge is 2.33. The predicted molar refractivity (Wildman–Crippen MR) is 21.6 cm³/mol. The standard InChI is InChI=1S/C3H5F2NO2/c4-1-3(5,6)2(7)8/h1,6H2,(H,7,8). The van der Waals surface area contributed by atoms with Crippen molar-refractivity contribution in [3.05, 3.63) is 0 Å². The highest BCUT2D eigenvalue weighted by molar-refractivity contribution is 5.76. The number of hydrogen-bond acceptors (Lipinski definition) is 2. The van der Waals surface area contributed by atoms with Crippen LogP contribution in [0.15, 0.2) is 0 Å². The van der Waals surface area contributed by atoms with Crippen molar-refractivity contribution in [2.45, 2.75) is 5.79 Å². The summed E-state index contributed by atoms with van der Waals surface area (Å²) in [5.41, 5.74) is 4.22. The highest BCUT2D eigenvalue weighted by atomic mass is 19.2. The Morgan fingerprint density at radius 2 is 2.25 bits per heavy atom. The molecule has 0 aromatic carbocycles. The summed E-state index contributed by atoms with van der Waals surface area (Å²) in [6, 6.07) is 0. The number of carboxylic acids is 1. The van der Waals surface area contributed by atoms with Crippen LogP contribution in [0, 0.1) is 0 Å². The molecular formula is C3H5F2NO2. The first-order valence-electron chi connectivity index (χ1n) is 1.78. The van der Waals surface area contributed by atoms with Gasteiger partial charge in [-0.2, -0.15) is 0 Å². The Morgan fingerprint density at radius 1 is 1.88 bits per heavy atom. The minimum Gasteiger partial charge on any atom is -0.478 e. The monoisotopic (exact) mass is 125 g/mol. The van der Waals surface area contributed by atoms with E-state index in [0.29, 0.717) is 0 Å². The van der Waals surface area contributed by atoms with Gasteiger partial charge in [0, 0.05) is 0 Å². The van der Waals surface area contributed by atoms with Crippen LogP contribution in [0.4, 0.5) is 8.78 Å². The third-order valence-electron chi connectivity index (χ3n) is 0.550. The number of nitrogens with two attached hydrogens (primary N) is 1. The lowest BCUT2D eigenvalue weighted by atomic mass is 10.3. The van der Waals surface area contributed by atoms with Gasteiger partial charge in [-0.15, -0.1) is 0 Å². The molecule has 0 radical (unpaired) electrons. The Bertz CT molecular complexity index is 103. The fourth-order valence-corrected chi connectivity index (χ4v) is 0.0572. The zero-order valence-electron chi connectivity index (χ0n) is 3.90. The molecule has 0 aliphatic rings. The smallest absolute Gasteiger partial charge is 0.359 e. The van der Waals surface area contributed by atoms with E-state index < -0.39 is 18.4 Å². The number of hydrogen-bond donors (Lipinski definition) is 2. The molecule has 3 nitrogen and oxygen atoms in total. The molecule has 1 atom stereocenters. The van der Waals surface area contributed by atoms with E-state index in [0.717, 1.165) is 0 Å². The Labute approximate surface area is 44.1 Å². The molecule has 5 heteroatoms. The minimum absolute atomic E-state index is 1.71. The molecule has 0 fully saturated rings. The van der Waals surface area contributed by atoms with Crippen LogP contribution in [0.5, 0.6) is 0 Å². The Morgan fingerprint density at radius 3 is 2.25 bits per heavy atom. The van der Waals surface area contributed by atoms with Crippen molar-refractivity contribution in [1.82, 2.24) is 0 Å². The van der Waals surface area contributed by atoms with Crippen molar-refractivity contribution in [2.75, 3.05) is 6.67 Å². The molecule has 0 aromatic heterocycles. The maximum atomic E-state index is 11.7. The average molecular weight is 125 g/mol. The summed E-state index contributed by atoms with van der Waals surface area (Å²) in [6.45, 7) is -1.71. The molecule has 0 saturated heterocycles. The van der Waals surface area contributed by atoms with Gasteiger partial charge < -0.3 is 5.11 Å². The van der Waals surface area contributed by atoms with Crippen molar-refractivity contribution < 1.29 is 18.7 Å². The lowest BCUT2D eigenvalue weighted by Gasteiger charge is -2.07. The van der Waals surface area contributed by atoms with Crippen LogP contribution in [-0.2, 0) is 4.79 Å². The molecule has 0 bridgehead atoms. The van der Waals surface area contributed by atoms with E-state index in [1.807, 2.05) is 0 Å². The average Bonchev–Trinajstić information content (AvgIpc) is 1.67. The summed E-state index contributed by atoms with van der Waals surface area (Å²) in [4.78, 5) is 9.51. The summed E-state index contributed by atoms with van der Waals surface area (Å²) < 4.78 is 22.9. The van der Waals surface area contributed by atoms with Gasteiger partial charge in [-0.3, -0.25) is 5.73 Å². The Hall–Kier alpha value is -0.710. The molecule has 0 aromatic rings. The van der Waals surface area contributed by atoms with E-state index in [1.54, 1.807) is 0 Å². The summed E-state index contributed by atoms with van der Waals surface area (Å²) in [5, 5.41) is 7.70. The molecule has 0 aliphatic carbocycles. The van der Waals surface area contributed by atoms with Gasteiger partial charge >= 0.3 is 5.97 Å². The molecule has 0 heterocycles. The molecule has 0 rings (SSSR count). The fraction of sp³-hybridized carbons (Fsp3) is 0.667. The largest absolute Gasteiger partial charge is 0.478 e. The van der Waals surface area contributed by atoms with Gasteiger partial charge in [0.2, 0.25) is 0 Å². The van der Waals surface area contributed by atoms with E-state index in [-0.39, 0.29) is 0 Å². The van der Waals surface area contributed by atoms with Gasteiger partial charge in [0.25, 0.3) is 5.79 Å². The van der Waals surface area contributed by atoms with Crippen molar-refractivity contribution in [3.8, 4) is 0 Å². The van der Waals surface area contributed by atoms with Crippen molar-refractivity contribution in [2.24, 2.45) is 5.73 Å². The van der Waals surface area contributed by atoms with Gasteiger partial charge in [-0.05, 0) is 0 Å². The molecule has 48 valence electrons. The molecule has 0 amide bonds. The maximum Gasteiger partial charge on any atom is 0.359 e. The van der Waals surface area contributed by atoms with Crippen molar-refractivity contribution in [3.63, 3.8) is 0 Å². The highest BCUT2D eigenvalue weighted by Crippen LogP contribution is 2.01. The second-order valence-corrected chi connectivity index (χ2v) is 1.30. The SMILES string of the molecule is NC(F)(CF)C(=O)O. The number of carboxylic acid groups (broad SMARTS) is 1. The quantitative estimate of drug-likeness (QED) is 0.496. The number of carbonyl (C=O) groups is 1. The van der Waals surface area contributed by atoms with Gasteiger partial charge in [0.05, 0.1) is 0 Å². The van der Waals surface area contributed by atoms with E-state index in [4.69, 9.17) is 5.11 Å². The van der Waals surface area contributed by atoms with Crippen LogP contribution >= 0.6 is 0 Å². The van der Waals surface area contributed by atoms with E-state index in [2.05, 4.69) is 5.73 Å². The van der Waals surface area contributed by atoms with Gasteiger partial charge in [-0.25, -0.2) is 13.6 Å². The molecule has 8 heavy (non-hydrogen) atoms. The first-order valence-corrected chi connectivity index (χ1v) is 1.78. The second kappa shape index (κ2) is 2.04. The topological polar surface area (TPSA) is 63.3 Å². The van der Waals surface area contributed by atoms with Crippen LogP contribution in [-0.4, -0.2) is 23.5 Å². The van der Waals surface area contributed by atoms with Crippen LogP contribution < -0.4 is 5.73 Å². The van der Waals surface area contributed by atoms with Crippen molar-refractivity contribution in [1.29, 1.82) is 0 Å². The summed E-state index contributed by atoms with van der Waals surface area (Å²) in [5.74, 6) is -5.19. The lowest BCUT2D eigenvalue weighted by molar-refractivity contribution is -0.151. The van der Waals surface area contributed by atoms with Crippen molar-refractivity contribution >= 4 is 5.97 Å². The second-order valence-electron chi connectivity index (χ2n) is 1.30. The van der Waals surface area contributed by atoms with Crippen LogP contribution in [0.2, 0.25) is 0 Å². The summed E-state index contributed by atoms with van der Waals surface area (Å²) in [6.07, 6.45) is 0. The Kier molecular flexibility index (Phi) is 1.86. The Balaban J connectivity index is 3.91. The first-order chi connectivity index (χ1) is 3.50. The number of alkyl halides is 2. The summed E-state index contributed by atoms with van der Waals surface area (Å²) in [7, 11) is 0. The lowest BCUT2D eigenvalue weighted by Crippen LogP contribution is -2.45.